The highest BCUT2D eigenvalue weighted by Crippen LogP contribution is 2.46. The van der Waals surface area contributed by atoms with Crippen molar-refractivity contribution in [1.29, 1.82) is 0 Å². The van der Waals surface area contributed by atoms with E-state index in [1.54, 1.807) is 24.3 Å². The molecule has 1 atom stereocenters. The van der Waals surface area contributed by atoms with Crippen molar-refractivity contribution < 1.29 is 38.4 Å². The zero-order valence-electron chi connectivity index (χ0n) is 25.2. The summed E-state index contributed by atoms with van der Waals surface area (Å²) in [6.45, 7) is 8.62. The van der Waals surface area contributed by atoms with E-state index in [9.17, 15) is 14.7 Å². The number of unbranched alkanes of at least 4 members (excludes halogenated alkanes) is 1. The molecule has 10 heteroatoms. The van der Waals surface area contributed by atoms with Gasteiger partial charge in [0, 0.05) is 31.7 Å². The first-order valence-corrected chi connectivity index (χ1v) is 14.5. The SMILES string of the molecule is CCCCOc1ccc(C(O)=C2C(=O)C(=O)N(CCCN3CCOCC3)C2c2cc(OC)c(OC)c(OC)c2)c(C)c1. The maximum absolute atomic E-state index is 13.6. The highest BCUT2D eigenvalue weighted by atomic mass is 16.5. The van der Waals surface area contributed by atoms with Gasteiger partial charge in [0.25, 0.3) is 11.7 Å². The van der Waals surface area contributed by atoms with E-state index in [1.165, 1.54) is 26.2 Å². The lowest BCUT2D eigenvalue weighted by atomic mass is 9.93. The number of methoxy groups -OCH3 is 3. The number of benzene rings is 2. The van der Waals surface area contributed by atoms with Crippen LogP contribution >= 0.6 is 0 Å². The van der Waals surface area contributed by atoms with E-state index in [0.717, 1.165) is 38.0 Å². The Bertz CT molecular complexity index is 1280. The lowest BCUT2D eigenvalue weighted by molar-refractivity contribution is -0.140. The first-order chi connectivity index (χ1) is 20.3. The second kappa shape index (κ2) is 14.4. The van der Waals surface area contributed by atoms with Crippen LogP contribution < -0.4 is 18.9 Å². The molecule has 2 aliphatic rings. The van der Waals surface area contributed by atoms with Crippen LogP contribution in [-0.2, 0) is 14.3 Å². The second-order valence-electron chi connectivity index (χ2n) is 10.4. The molecule has 2 aromatic carbocycles. The summed E-state index contributed by atoms with van der Waals surface area (Å²) in [6, 6.07) is 7.91. The third-order valence-corrected chi connectivity index (χ3v) is 7.74. The molecule has 2 saturated heterocycles. The number of aliphatic hydroxyl groups excluding tert-OH is 1. The van der Waals surface area contributed by atoms with Crippen LogP contribution in [0.5, 0.6) is 23.0 Å². The molecule has 0 radical (unpaired) electrons. The van der Waals surface area contributed by atoms with Gasteiger partial charge in [0.1, 0.15) is 11.5 Å². The Labute approximate surface area is 247 Å². The van der Waals surface area contributed by atoms with Crippen LogP contribution in [0, 0.1) is 6.92 Å². The molecule has 42 heavy (non-hydrogen) atoms. The molecule has 1 amide bonds. The fraction of sp³-hybridized carbons (Fsp3) is 0.500. The molecule has 2 aromatic rings. The number of carbonyl (C=O) groups is 2. The molecule has 0 aromatic heterocycles. The number of nitrogens with zero attached hydrogens (tertiary/aromatic N) is 2. The Hall–Kier alpha value is -3.76. The Morgan fingerprint density at radius 3 is 2.26 bits per heavy atom. The fourth-order valence-corrected chi connectivity index (χ4v) is 5.48. The summed E-state index contributed by atoms with van der Waals surface area (Å²) in [5, 5.41) is 11.7. The van der Waals surface area contributed by atoms with Gasteiger partial charge in [0.05, 0.1) is 52.8 Å². The molecule has 0 spiro atoms. The number of ether oxygens (including phenoxy) is 5. The van der Waals surface area contributed by atoms with Gasteiger partial charge in [0.15, 0.2) is 11.5 Å². The van der Waals surface area contributed by atoms with E-state index in [4.69, 9.17) is 23.7 Å². The summed E-state index contributed by atoms with van der Waals surface area (Å²) in [4.78, 5) is 31.0. The number of hydrogen-bond acceptors (Lipinski definition) is 9. The Kier molecular flexibility index (Phi) is 10.7. The van der Waals surface area contributed by atoms with Gasteiger partial charge >= 0.3 is 0 Å². The molecule has 10 nitrogen and oxygen atoms in total. The minimum absolute atomic E-state index is 0.0170. The quantitative estimate of drug-likeness (QED) is 0.160. The first-order valence-electron chi connectivity index (χ1n) is 14.5. The summed E-state index contributed by atoms with van der Waals surface area (Å²) in [7, 11) is 4.53. The van der Waals surface area contributed by atoms with Gasteiger partial charge in [-0.05, 0) is 61.2 Å². The van der Waals surface area contributed by atoms with E-state index in [0.29, 0.717) is 66.9 Å². The normalized spacial score (nSPS) is 18.8. The number of amides is 1. The highest BCUT2D eigenvalue weighted by molar-refractivity contribution is 6.46. The van der Waals surface area contributed by atoms with Crippen LogP contribution in [0.4, 0.5) is 0 Å². The number of likely N-dealkylation sites (tertiary alicyclic amines) is 1. The minimum Gasteiger partial charge on any atom is -0.507 e. The van der Waals surface area contributed by atoms with Crippen LogP contribution in [0.3, 0.4) is 0 Å². The van der Waals surface area contributed by atoms with Crippen molar-refractivity contribution in [3.63, 3.8) is 0 Å². The summed E-state index contributed by atoms with van der Waals surface area (Å²) in [6.07, 6.45) is 2.60. The molecule has 2 heterocycles. The number of carbonyl (C=O) groups excluding carboxylic acids is 2. The van der Waals surface area contributed by atoms with Crippen LogP contribution in [-0.4, -0.2) is 93.9 Å². The Balaban J connectivity index is 1.76. The fourth-order valence-electron chi connectivity index (χ4n) is 5.48. The smallest absolute Gasteiger partial charge is 0.295 e. The molecule has 4 rings (SSSR count). The zero-order valence-corrected chi connectivity index (χ0v) is 25.2. The van der Waals surface area contributed by atoms with Crippen molar-refractivity contribution in [2.75, 3.05) is 67.3 Å². The summed E-state index contributed by atoms with van der Waals surface area (Å²) < 4.78 is 27.9. The van der Waals surface area contributed by atoms with Gasteiger partial charge in [-0.1, -0.05) is 13.3 Å². The van der Waals surface area contributed by atoms with E-state index in [-0.39, 0.29) is 11.3 Å². The summed E-state index contributed by atoms with van der Waals surface area (Å²) in [5.74, 6) is 0.214. The number of morpholine rings is 1. The van der Waals surface area contributed by atoms with Crippen LogP contribution in [0.15, 0.2) is 35.9 Å². The van der Waals surface area contributed by atoms with E-state index in [1.807, 2.05) is 13.0 Å². The van der Waals surface area contributed by atoms with Crippen LogP contribution in [0.25, 0.3) is 5.76 Å². The molecule has 228 valence electrons. The molecule has 2 fully saturated rings. The van der Waals surface area contributed by atoms with E-state index < -0.39 is 17.7 Å². The highest BCUT2D eigenvalue weighted by Gasteiger charge is 2.46. The van der Waals surface area contributed by atoms with Gasteiger partial charge < -0.3 is 33.7 Å². The van der Waals surface area contributed by atoms with Gasteiger partial charge in [0.2, 0.25) is 5.75 Å². The van der Waals surface area contributed by atoms with Crippen molar-refractivity contribution in [2.45, 2.75) is 39.2 Å². The molecular weight excluding hydrogens is 540 g/mol. The van der Waals surface area contributed by atoms with Crippen molar-refractivity contribution in [3.8, 4) is 23.0 Å². The number of aryl methyl sites for hydroxylation is 1. The zero-order chi connectivity index (χ0) is 30.2. The number of rotatable bonds is 13. The molecule has 1 unspecified atom stereocenters. The molecule has 2 aliphatic heterocycles. The van der Waals surface area contributed by atoms with Crippen molar-refractivity contribution in [2.24, 2.45) is 0 Å². The van der Waals surface area contributed by atoms with E-state index >= 15 is 0 Å². The van der Waals surface area contributed by atoms with Crippen molar-refractivity contribution in [3.05, 3.63) is 52.6 Å². The predicted molar refractivity (Wildman–Crippen MR) is 159 cm³/mol. The number of Topliss-reactive ketones (excluding diaryl/α,β-unsaturated/α-hetero) is 1. The molecular formula is C32H42N2O8. The third kappa shape index (κ3) is 6.65. The molecule has 0 aliphatic carbocycles. The Morgan fingerprint density at radius 1 is 0.976 bits per heavy atom. The number of ketones is 1. The van der Waals surface area contributed by atoms with Gasteiger partial charge in [-0.25, -0.2) is 0 Å². The Morgan fingerprint density at radius 2 is 1.67 bits per heavy atom. The van der Waals surface area contributed by atoms with Crippen LogP contribution in [0.1, 0.15) is 48.9 Å². The predicted octanol–water partition coefficient (Wildman–Crippen LogP) is 4.34. The largest absolute Gasteiger partial charge is 0.507 e. The summed E-state index contributed by atoms with van der Waals surface area (Å²) >= 11 is 0. The first kappa shape index (κ1) is 31.2. The maximum Gasteiger partial charge on any atom is 0.295 e. The topological polar surface area (TPSA) is 107 Å². The molecule has 0 bridgehead atoms. The molecule has 0 saturated carbocycles. The average molecular weight is 583 g/mol. The maximum atomic E-state index is 13.6. The van der Waals surface area contributed by atoms with E-state index in [2.05, 4.69) is 11.8 Å². The second-order valence-corrected chi connectivity index (χ2v) is 10.4. The minimum atomic E-state index is -0.858. The number of hydrogen-bond donors (Lipinski definition) is 1. The van der Waals surface area contributed by atoms with Crippen molar-refractivity contribution >= 4 is 17.4 Å². The summed E-state index contributed by atoms with van der Waals surface area (Å²) in [5.41, 5.74) is 1.77. The van der Waals surface area contributed by atoms with Gasteiger partial charge in [-0.3, -0.25) is 14.5 Å². The lowest BCUT2D eigenvalue weighted by Gasteiger charge is -2.29. The standard InChI is InChI=1S/C32H42N2O8/c1-6-7-15-42-23-9-10-24(21(2)18-23)29(35)27-28(22-19-25(38-3)31(40-5)26(20-22)39-4)34(32(37)30(27)36)12-8-11-33-13-16-41-17-14-33/h9-10,18-20,28,35H,6-8,11-17H2,1-5H3. The molecule has 1 N–H and O–H groups in total. The lowest BCUT2D eigenvalue weighted by Crippen LogP contribution is -2.39. The number of aliphatic hydroxyl groups is 1. The van der Waals surface area contributed by atoms with Gasteiger partial charge in [-0.15, -0.1) is 0 Å². The van der Waals surface area contributed by atoms with Gasteiger partial charge in [-0.2, -0.15) is 0 Å². The van der Waals surface area contributed by atoms with Crippen molar-refractivity contribution in [1.82, 2.24) is 9.80 Å². The average Bonchev–Trinajstić information content (AvgIpc) is 3.25. The van der Waals surface area contributed by atoms with Crippen LogP contribution in [0.2, 0.25) is 0 Å². The third-order valence-electron chi connectivity index (χ3n) is 7.74. The monoisotopic (exact) mass is 582 g/mol.